The molecule has 2 rings (SSSR count). The number of nitrogens with zero attached hydrogens (tertiary/aromatic N) is 1. The fourth-order valence-corrected chi connectivity index (χ4v) is 2.32. The highest BCUT2D eigenvalue weighted by atomic mass is 32.1. The van der Waals surface area contributed by atoms with Crippen molar-refractivity contribution in [2.75, 3.05) is 6.54 Å². The van der Waals surface area contributed by atoms with Crippen LogP contribution in [0.15, 0.2) is 41.9 Å². The molecule has 0 aliphatic heterocycles. The van der Waals surface area contributed by atoms with Gasteiger partial charge in [0.1, 0.15) is 6.10 Å². The molecule has 2 aromatic heterocycles. The maximum atomic E-state index is 9.93. The molecule has 0 spiro atoms. The number of aliphatic hydroxyl groups is 1. The summed E-state index contributed by atoms with van der Waals surface area (Å²) in [6.45, 7) is 2.59. The molecule has 0 aromatic carbocycles. The van der Waals surface area contributed by atoms with Crippen molar-refractivity contribution in [3.63, 3.8) is 0 Å². The third-order valence-electron chi connectivity index (χ3n) is 2.62. The first-order valence-corrected chi connectivity index (χ1v) is 6.51. The molecule has 2 heterocycles. The Balaban J connectivity index is 1.86. The minimum atomic E-state index is -0.443. The first kappa shape index (κ1) is 12.2. The van der Waals surface area contributed by atoms with Crippen LogP contribution in [-0.2, 0) is 0 Å². The summed E-state index contributed by atoms with van der Waals surface area (Å²) in [6, 6.07) is 9.89. The van der Waals surface area contributed by atoms with Gasteiger partial charge in [0.25, 0.3) is 0 Å². The molecule has 0 bridgehead atoms. The van der Waals surface area contributed by atoms with Gasteiger partial charge in [-0.25, -0.2) is 0 Å². The molecule has 0 radical (unpaired) electrons. The van der Waals surface area contributed by atoms with E-state index in [0.717, 1.165) is 10.6 Å². The van der Waals surface area contributed by atoms with E-state index in [2.05, 4.69) is 10.3 Å². The van der Waals surface area contributed by atoms with Gasteiger partial charge in [0.05, 0.1) is 5.69 Å². The predicted molar refractivity (Wildman–Crippen MR) is 69.9 cm³/mol. The van der Waals surface area contributed by atoms with Crippen molar-refractivity contribution in [1.29, 1.82) is 0 Å². The van der Waals surface area contributed by atoms with Gasteiger partial charge in [-0.1, -0.05) is 12.1 Å². The standard InChI is InChI=1S/C13H16N2OS/c1-10(11-5-2-3-7-14-11)15-9-12(16)13-6-4-8-17-13/h2-8,10,12,15-16H,9H2,1H3/t10-,12?/m1/s1. The Morgan fingerprint density at radius 1 is 1.35 bits per heavy atom. The van der Waals surface area contributed by atoms with Gasteiger partial charge in [0, 0.05) is 23.7 Å². The Labute approximate surface area is 105 Å². The topological polar surface area (TPSA) is 45.1 Å². The number of rotatable bonds is 5. The van der Waals surface area contributed by atoms with E-state index in [4.69, 9.17) is 0 Å². The first-order chi connectivity index (χ1) is 8.27. The molecular formula is C13H16N2OS. The van der Waals surface area contributed by atoms with E-state index in [0.29, 0.717) is 6.54 Å². The Morgan fingerprint density at radius 3 is 2.88 bits per heavy atom. The largest absolute Gasteiger partial charge is 0.386 e. The van der Waals surface area contributed by atoms with Crippen molar-refractivity contribution in [2.45, 2.75) is 19.1 Å². The number of pyridine rings is 1. The van der Waals surface area contributed by atoms with Crippen molar-refractivity contribution >= 4 is 11.3 Å². The Kier molecular flexibility index (Phi) is 4.25. The van der Waals surface area contributed by atoms with E-state index in [1.165, 1.54) is 0 Å². The first-order valence-electron chi connectivity index (χ1n) is 5.63. The second kappa shape index (κ2) is 5.91. The number of nitrogens with one attached hydrogen (secondary N) is 1. The summed E-state index contributed by atoms with van der Waals surface area (Å²) in [5.74, 6) is 0. The van der Waals surface area contributed by atoms with Gasteiger partial charge in [-0.3, -0.25) is 4.98 Å². The minimum Gasteiger partial charge on any atom is -0.386 e. The van der Waals surface area contributed by atoms with Crippen LogP contribution < -0.4 is 5.32 Å². The van der Waals surface area contributed by atoms with Crippen molar-refractivity contribution in [3.8, 4) is 0 Å². The molecule has 2 N–H and O–H groups in total. The van der Waals surface area contributed by atoms with E-state index in [-0.39, 0.29) is 6.04 Å². The Morgan fingerprint density at radius 2 is 2.24 bits per heavy atom. The van der Waals surface area contributed by atoms with Gasteiger partial charge >= 0.3 is 0 Å². The molecule has 17 heavy (non-hydrogen) atoms. The van der Waals surface area contributed by atoms with Crippen LogP contribution in [0, 0.1) is 0 Å². The van der Waals surface area contributed by atoms with E-state index in [9.17, 15) is 5.11 Å². The summed E-state index contributed by atoms with van der Waals surface area (Å²) < 4.78 is 0. The van der Waals surface area contributed by atoms with Crippen LogP contribution in [0.3, 0.4) is 0 Å². The zero-order valence-electron chi connectivity index (χ0n) is 9.71. The molecule has 0 amide bonds. The lowest BCUT2D eigenvalue weighted by atomic mass is 10.2. The van der Waals surface area contributed by atoms with Gasteiger partial charge in [-0.2, -0.15) is 0 Å². The fourth-order valence-electron chi connectivity index (χ4n) is 1.61. The monoisotopic (exact) mass is 248 g/mol. The molecular weight excluding hydrogens is 232 g/mol. The number of aliphatic hydroxyl groups excluding tert-OH is 1. The van der Waals surface area contributed by atoms with Gasteiger partial charge in [-0.15, -0.1) is 11.3 Å². The molecule has 0 saturated heterocycles. The summed E-state index contributed by atoms with van der Waals surface area (Å²) in [4.78, 5) is 5.27. The number of aromatic nitrogens is 1. The molecule has 0 aliphatic carbocycles. The second-order valence-corrected chi connectivity index (χ2v) is 4.90. The molecule has 0 fully saturated rings. The van der Waals surface area contributed by atoms with E-state index < -0.39 is 6.10 Å². The Hall–Kier alpha value is -1.23. The van der Waals surface area contributed by atoms with Crippen molar-refractivity contribution < 1.29 is 5.11 Å². The fraction of sp³-hybridized carbons (Fsp3) is 0.308. The summed E-state index contributed by atoms with van der Waals surface area (Å²) in [5.41, 5.74) is 0.992. The van der Waals surface area contributed by atoms with Gasteiger partial charge < -0.3 is 10.4 Å². The lowest BCUT2D eigenvalue weighted by Gasteiger charge is -2.15. The molecule has 90 valence electrons. The average Bonchev–Trinajstić information content (AvgIpc) is 2.90. The SMILES string of the molecule is C[C@@H](NCC(O)c1cccs1)c1ccccn1. The molecule has 0 aliphatic rings. The molecule has 1 unspecified atom stereocenters. The van der Waals surface area contributed by atoms with Crippen LogP contribution in [0.1, 0.15) is 29.6 Å². The highest BCUT2D eigenvalue weighted by Gasteiger charge is 2.11. The van der Waals surface area contributed by atoms with E-state index in [1.54, 1.807) is 17.5 Å². The molecule has 0 saturated carbocycles. The summed E-state index contributed by atoms with van der Waals surface area (Å²) >= 11 is 1.57. The number of hydrogen-bond donors (Lipinski definition) is 2. The van der Waals surface area contributed by atoms with Crippen molar-refractivity contribution in [2.24, 2.45) is 0 Å². The quantitative estimate of drug-likeness (QED) is 0.854. The Bertz CT molecular complexity index is 430. The highest BCUT2D eigenvalue weighted by Crippen LogP contribution is 2.18. The minimum absolute atomic E-state index is 0.144. The molecule has 4 heteroatoms. The highest BCUT2D eigenvalue weighted by molar-refractivity contribution is 7.10. The smallest absolute Gasteiger partial charge is 0.101 e. The van der Waals surface area contributed by atoms with Crippen LogP contribution in [0.4, 0.5) is 0 Å². The lowest BCUT2D eigenvalue weighted by molar-refractivity contribution is 0.174. The van der Waals surface area contributed by atoms with Crippen LogP contribution >= 0.6 is 11.3 Å². The second-order valence-electron chi connectivity index (χ2n) is 3.92. The van der Waals surface area contributed by atoms with Gasteiger partial charge in [-0.05, 0) is 30.5 Å². The van der Waals surface area contributed by atoms with Crippen molar-refractivity contribution in [3.05, 3.63) is 52.5 Å². The van der Waals surface area contributed by atoms with Crippen LogP contribution in [-0.4, -0.2) is 16.6 Å². The van der Waals surface area contributed by atoms with E-state index in [1.807, 2.05) is 42.6 Å². The normalized spacial score (nSPS) is 14.5. The average molecular weight is 248 g/mol. The lowest BCUT2D eigenvalue weighted by Crippen LogP contribution is -2.24. The zero-order chi connectivity index (χ0) is 12.1. The van der Waals surface area contributed by atoms with Crippen LogP contribution in [0.25, 0.3) is 0 Å². The van der Waals surface area contributed by atoms with Gasteiger partial charge in [0.2, 0.25) is 0 Å². The number of thiophene rings is 1. The van der Waals surface area contributed by atoms with E-state index >= 15 is 0 Å². The van der Waals surface area contributed by atoms with Crippen LogP contribution in [0.5, 0.6) is 0 Å². The molecule has 2 aromatic rings. The molecule has 3 nitrogen and oxygen atoms in total. The summed E-state index contributed by atoms with van der Waals surface area (Å²) in [6.07, 6.45) is 1.34. The molecule has 2 atom stereocenters. The van der Waals surface area contributed by atoms with Crippen LogP contribution in [0.2, 0.25) is 0 Å². The maximum Gasteiger partial charge on any atom is 0.101 e. The maximum absolute atomic E-state index is 9.93. The summed E-state index contributed by atoms with van der Waals surface area (Å²) in [5, 5.41) is 15.2. The third-order valence-corrected chi connectivity index (χ3v) is 3.59. The zero-order valence-corrected chi connectivity index (χ0v) is 10.5. The van der Waals surface area contributed by atoms with Crippen molar-refractivity contribution in [1.82, 2.24) is 10.3 Å². The van der Waals surface area contributed by atoms with Gasteiger partial charge in [0.15, 0.2) is 0 Å². The third kappa shape index (κ3) is 3.36. The summed E-state index contributed by atoms with van der Waals surface area (Å²) in [7, 11) is 0. The number of hydrogen-bond acceptors (Lipinski definition) is 4. The predicted octanol–water partition coefficient (Wildman–Crippen LogP) is 2.53.